The van der Waals surface area contributed by atoms with Crippen LogP contribution in [-0.2, 0) is 11.2 Å². The van der Waals surface area contributed by atoms with Gasteiger partial charge in [-0.3, -0.25) is 0 Å². The van der Waals surface area contributed by atoms with Crippen molar-refractivity contribution in [1.29, 1.82) is 0 Å². The number of thiol groups is 1. The van der Waals surface area contributed by atoms with E-state index in [2.05, 4.69) is 64.6 Å². The number of hydrogen-bond acceptors (Lipinski definition) is 3. The molecule has 3 heteroatoms. The van der Waals surface area contributed by atoms with Gasteiger partial charge in [-0.25, -0.2) is 4.98 Å². The highest BCUT2D eigenvalue weighted by molar-refractivity contribution is 7.79. The van der Waals surface area contributed by atoms with Gasteiger partial charge in [0.1, 0.15) is 5.01 Å². The lowest BCUT2D eigenvalue weighted by Gasteiger charge is -2.16. The van der Waals surface area contributed by atoms with Crippen LogP contribution in [-0.4, -0.2) is 4.98 Å². The monoisotopic (exact) mass is 277 g/mol. The number of thiazole rings is 1. The van der Waals surface area contributed by atoms with Crippen LogP contribution in [0.5, 0.6) is 0 Å². The van der Waals surface area contributed by atoms with Crippen molar-refractivity contribution in [3.8, 4) is 10.6 Å². The molecule has 0 atom stereocenters. The third-order valence-corrected chi connectivity index (χ3v) is 4.45. The molecule has 0 radical (unpaired) electrons. The summed E-state index contributed by atoms with van der Waals surface area (Å²) in [7, 11) is 0. The van der Waals surface area contributed by atoms with Gasteiger partial charge in [-0.15, -0.1) is 11.3 Å². The largest absolute Gasteiger partial charge is 0.240 e. The van der Waals surface area contributed by atoms with Crippen LogP contribution in [0, 0.1) is 6.92 Å². The molecule has 1 heterocycles. The van der Waals surface area contributed by atoms with Crippen molar-refractivity contribution in [1.82, 2.24) is 4.98 Å². The summed E-state index contributed by atoms with van der Waals surface area (Å²) < 4.78 is 0. The molecule has 0 bridgehead atoms. The zero-order valence-electron chi connectivity index (χ0n) is 11.3. The first-order valence-electron chi connectivity index (χ1n) is 6.10. The van der Waals surface area contributed by atoms with Gasteiger partial charge in [0.05, 0.1) is 5.69 Å². The fourth-order valence-corrected chi connectivity index (χ4v) is 3.42. The van der Waals surface area contributed by atoms with E-state index < -0.39 is 0 Å². The molecule has 2 aromatic rings. The first kappa shape index (κ1) is 13.6. The van der Waals surface area contributed by atoms with Crippen molar-refractivity contribution in [2.75, 3.05) is 0 Å². The summed E-state index contributed by atoms with van der Waals surface area (Å²) >= 11 is 6.19. The van der Waals surface area contributed by atoms with Crippen LogP contribution in [0.1, 0.15) is 36.9 Å². The Labute approximate surface area is 119 Å². The summed E-state index contributed by atoms with van der Waals surface area (Å²) in [5.41, 5.74) is 3.74. The molecule has 18 heavy (non-hydrogen) atoms. The smallest absolute Gasteiger partial charge is 0.123 e. The fraction of sp³-hybridized carbons (Fsp3) is 0.400. The van der Waals surface area contributed by atoms with E-state index >= 15 is 0 Å². The summed E-state index contributed by atoms with van der Waals surface area (Å²) in [5.74, 6) is 0.760. The topological polar surface area (TPSA) is 12.9 Å². The van der Waals surface area contributed by atoms with Gasteiger partial charge in [0.15, 0.2) is 0 Å². The van der Waals surface area contributed by atoms with Gasteiger partial charge in [0.2, 0.25) is 0 Å². The lowest BCUT2D eigenvalue weighted by Crippen LogP contribution is -2.13. The molecule has 96 valence electrons. The first-order valence-corrected chi connectivity index (χ1v) is 7.55. The maximum atomic E-state index is 4.83. The molecule has 0 N–H and O–H groups in total. The molecule has 1 aromatic carbocycles. The minimum atomic E-state index is 0.0800. The molecule has 2 rings (SSSR count). The van der Waals surface area contributed by atoms with Crippen LogP contribution in [0.2, 0.25) is 0 Å². The molecule has 0 aliphatic carbocycles. The highest BCUT2D eigenvalue weighted by Gasteiger charge is 2.22. The number of nitrogens with zero attached hydrogens (tertiary/aromatic N) is 1. The summed E-state index contributed by atoms with van der Waals surface area (Å²) in [6, 6.07) is 8.51. The number of hydrogen-bond donors (Lipinski definition) is 1. The van der Waals surface area contributed by atoms with E-state index in [4.69, 9.17) is 4.98 Å². The molecule has 0 amide bonds. The zero-order chi connectivity index (χ0) is 13.3. The third kappa shape index (κ3) is 2.78. The van der Waals surface area contributed by atoms with Crippen LogP contribution >= 0.6 is 24.0 Å². The summed E-state index contributed by atoms with van der Waals surface area (Å²) in [4.78, 5) is 6.11. The number of benzene rings is 1. The molecule has 0 aliphatic heterocycles. The highest BCUT2D eigenvalue weighted by atomic mass is 32.1. The molecule has 0 fully saturated rings. The Morgan fingerprint density at radius 1 is 1.28 bits per heavy atom. The van der Waals surface area contributed by atoms with Crippen LogP contribution < -0.4 is 0 Å². The van der Waals surface area contributed by atoms with Crippen molar-refractivity contribution in [2.45, 2.75) is 38.9 Å². The maximum absolute atomic E-state index is 4.83. The van der Waals surface area contributed by atoms with E-state index in [1.807, 2.05) is 0 Å². The zero-order valence-corrected chi connectivity index (χ0v) is 13.0. The Morgan fingerprint density at radius 2 is 2.00 bits per heavy atom. The molecule has 0 aliphatic rings. The minimum Gasteiger partial charge on any atom is -0.240 e. The standard InChI is InChI=1S/C15H19NS2/c1-10-6-5-7-11(8-10)14-16-13(15(2,3)4)12(9-17)18-14/h5-8,17H,9H2,1-4H3. The van der Waals surface area contributed by atoms with Gasteiger partial charge in [-0.1, -0.05) is 44.5 Å². The van der Waals surface area contributed by atoms with E-state index in [1.54, 1.807) is 11.3 Å². The molecule has 1 nitrogen and oxygen atoms in total. The van der Waals surface area contributed by atoms with Crippen molar-refractivity contribution in [3.05, 3.63) is 40.4 Å². The van der Waals surface area contributed by atoms with E-state index in [9.17, 15) is 0 Å². The van der Waals surface area contributed by atoms with E-state index in [-0.39, 0.29) is 5.41 Å². The third-order valence-electron chi connectivity index (χ3n) is 2.82. The number of rotatable bonds is 2. The summed E-state index contributed by atoms with van der Waals surface area (Å²) in [6.07, 6.45) is 0. The van der Waals surface area contributed by atoms with Gasteiger partial charge < -0.3 is 0 Å². The van der Waals surface area contributed by atoms with E-state index in [0.29, 0.717) is 0 Å². The van der Waals surface area contributed by atoms with Crippen LogP contribution in [0.15, 0.2) is 24.3 Å². The second-order valence-corrected chi connectivity index (χ2v) is 6.97. The van der Waals surface area contributed by atoms with Gasteiger partial charge in [-0.05, 0) is 13.0 Å². The highest BCUT2D eigenvalue weighted by Crippen LogP contribution is 2.35. The predicted octanol–water partition coefficient (Wildman–Crippen LogP) is 4.85. The Balaban J connectivity index is 2.51. The quantitative estimate of drug-likeness (QED) is 0.775. The molecule has 1 aromatic heterocycles. The Bertz CT molecular complexity index is 550. The molecular weight excluding hydrogens is 258 g/mol. The molecule has 0 spiro atoms. The SMILES string of the molecule is Cc1cccc(-c2nc(C(C)(C)C)c(CS)s2)c1. The number of aromatic nitrogens is 1. The summed E-state index contributed by atoms with van der Waals surface area (Å²) in [5, 5.41) is 1.10. The fourth-order valence-electron chi connectivity index (χ4n) is 1.95. The van der Waals surface area contributed by atoms with Crippen molar-refractivity contribution in [3.63, 3.8) is 0 Å². The van der Waals surface area contributed by atoms with Crippen LogP contribution in [0.25, 0.3) is 10.6 Å². The maximum Gasteiger partial charge on any atom is 0.123 e. The second-order valence-electron chi connectivity index (χ2n) is 5.57. The first-order chi connectivity index (χ1) is 8.41. The van der Waals surface area contributed by atoms with Gasteiger partial charge in [0.25, 0.3) is 0 Å². The van der Waals surface area contributed by atoms with E-state index in [1.165, 1.54) is 21.7 Å². The summed E-state index contributed by atoms with van der Waals surface area (Å²) in [6.45, 7) is 8.72. The van der Waals surface area contributed by atoms with Crippen molar-refractivity contribution in [2.24, 2.45) is 0 Å². The van der Waals surface area contributed by atoms with Crippen LogP contribution in [0.3, 0.4) is 0 Å². The molecule has 0 unspecified atom stereocenters. The predicted molar refractivity (Wildman–Crippen MR) is 83.7 cm³/mol. The Morgan fingerprint density at radius 3 is 2.50 bits per heavy atom. The van der Waals surface area contributed by atoms with Gasteiger partial charge >= 0.3 is 0 Å². The lowest BCUT2D eigenvalue weighted by atomic mass is 9.91. The normalized spacial score (nSPS) is 11.8. The lowest BCUT2D eigenvalue weighted by molar-refractivity contribution is 0.569. The molecule has 0 saturated heterocycles. The minimum absolute atomic E-state index is 0.0800. The Hall–Kier alpha value is -0.800. The average molecular weight is 277 g/mol. The molecule has 0 saturated carbocycles. The van der Waals surface area contributed by atoms with Gasteiger partial charge in [-0.2, -0.15) is 12.6 Å². The van der Waals surface area contributed by atoms with Crippen LogP contribution in [0.4, 0.5) is 0 Å². The molecular formula is C15H19NS2. The van der Waals surface area contributed by atoms with Crippen molar-refractivity contribution < 1.29 is 0 Å². The van der Waals surface area contributed by atoms with E-state index in [0.717, 1.165) is 10.8 Å². The average Bonchev–Trinajstić information content (AvgIpc) is 2.72. The van der Waals surface area contributed by atoms with Crippen molar-refractivity contribution >= 4 is 24.0 Å². The number of aryl methyl sites for hydroxylation is 1. The van der Waals surface area contributed by atoms with Gasteiger partial charge in [0, 0.05) is 21.6 Å². The Kier molecular flexibility index (Phi) is 3.83. The second kappa shape index (κ2) is 5.06.